The van der Waals surface area contributed by atoms with Crippen LogP contribution in [0.25, 0.3) is 0 Å². The first-order valence-electron chi connectivity index (χ1n) is 18.5. The molecule has 17 nitrogen and oxygen atoms in total. The van der Waals surface area contributed by atoms with Gasteiger partial charge >= 0.3 is 0 Å². The zero-order chi connectivity index (χ0) is 46.9. The minimum atomic E-state index is -3.97. The van der Waals surface area contributed by atoms with Gasteiger partial charge in [-0.15, -0.1) is 0 Å². The fraction of sp³-hybridized carbons (Fsp3) is 0.190. The Kier molecular flexibility index (Phi) is 15.9. The number of nitrogens with two attached hydrogens (primary N) is 3. The van der Waals surface area contributed by atoms with Crippen molar-refractivity contribution >= 4 is 77.8 Å². The van der Waals surface area contributed by atoms with Crippen LogP contribution in [0.5, 0.6) is 0 Å². The Hall–Kier alpha value is -6.22. The van der Waals surface area contributed by atoms with Crippen LogP contribution in [-0.4, -0.2) is 58.7 Å². The predicted octanol–water partition coefficient (Wildman–Crippen LogP) is 7.41. The molecule has 0 aliphatic heterocycles. The van der Waals surface area contributed by atoms with Crippen LogP contribution in [0, 0.1) is 0 Å². The van der Waals surface area contributed by atoms with Gasteiger partial charge in [-0.05, 0) is 82.6 Å². The molecule has 21 heteroatoms. The summed E-state index contributed by atoms with van der Waals surface area (Å²) in [4.78, 5) is 29.0. The van der Waals surface area contributed by atoms with Crippen LogP contribution in [0.1, 0.15) is 80.0 Å². The molecule has 0 amide bonds. The van der Waals surface area contributed by atoms with E-state index in [0.29, 0.717) is 5.56 Å². The smallest absolute Gasteiger partial charge is 0.261 e. The number of halogens is 2. The number of anilines is 4. The van der Waals surface area contributed by atoms with E-state index in [1.54, 1.807) is 30.3 Å². The van der Waals surface area contributed by atoms with Crippen LogP contribution in [-0.2, 0) is 30.9 Å². The molecule has 0 unspecified atom stereocenters. The number of nitrogen functional groups attached to an aromatic ring is 2. The monoisotopic (exact) mass is 936 g/mol. The second kappa shape index (κ2) is 20.3. The standard InChI is InChI=1S/C21H22ClN5O3S.C21H21ClN4O3S.H3NO/c1-21(2,3)14-5-7-16(8-6-14)31(29,30)27-17-10-15(22)12-25-20(17)19(26-28)13-4-9-18(23)24-11-13;1-21(2,3)14-5-7-16(8-6-14)30(28,29)26-17-10-15(22)12-25-19(17)20(27)13-4-9-18(23)24-11-13;1-2/h4-12,27-28H,1-3H3,(H2,23,24);4-12,26H,1-3H3,(H2,23,24);2H,1H2. The van der Waals surface area contributed by atoms with Gasteiger partial charge in [0.15, 0.2) is 0 Å². The van der Waals surface area contributed by atoms with Crippen LogP contribution < -0.4 is 26.8 Å². The highest BCUT2D eigenvalue weighted by Gasteiger charge is 2.24. The van der Waals surface area contributed by atoms with E-state index < -0.39 is 25.8 Å². The molecule has 10 N–H and O–H groups in total. The van der Waals surface area contributed by atoms with Gasteiger partial charge in [-0.2, -0.15) is 0 Å². The highest BCUT2D eigenvalue weighted by Crippen LogP contribution is 2.29. The molecule has 0 atom stereocenters. The number of sulfonamides is 2. The third-order valence-electron chi connectivity index (χ3n) is 8.91. The summed E-state index contributed by atoms with van der Waals surface area (Å²) in [5.41, 5.74) is 13.6. The molecule has 0 saturated carbocycles. The van der Waals surface area contributed by atoms with E-state index in [1.165, 1.54) is 79.4 Å². The van der Waals surface area contributed by atoms with Crippen molar-refractivity contribution in [2.75, 3.05) is 20.9 Å². The van der Waals surface area contributed by atoms with Crippen molar-refractivity contribution in [3.8, 4) is 0 Å². The van der Waals surface area contributed by atoms with Crippen molar-refractivity contribution in [2.45, 2.75) is 62.2 Å². The molecule has 6 rings (SSSR count). The van der Waals surface area contributed by atoms with Crippen molar-refractivity contribution in [1.29, 1.82) is 0 Å². The Morgan fingerprint density at radius 2 is 0.968 bits per heavy atom. The van der Waals surface area contributed by atoms with Gasteiger partial charge in [0, 0.05) is 35.9 Å². The van der Waals surface area contributed by atoms with E-state index in [-0.39, 0.29) is 76.3 Å². The average molecular weight is 938 g/mol. The quantitative estimate of drug-likeness (QED) is 0.0305. The average Bonchev–Trinajstić information content (AvgIpc) is 3.23. The number of nitrogens with one attached hydrogen (secondary N) is 2. The largest absolute Gasteiger partial charge is 0.410 e. The van der Waals surface area contributed by atoms with E-state index in [0.717, 1.165) is 11.1 Å². The number of ketones is 1. The van der Waals surface area contributed by atoms with Crippen LogP contribution in [0.15, 0.2) is 125 Å². The molecule has 6 aromatic rings. The first-order chi connectivity index (χ1) is 29.5. The third kappa shape index (κ3) is 12.9. The number of pyridine rings is 4. The minimum absolute atomic E-state index is 0.00458. The van der Waals surface area contributed by atoms with Crippen molar-refractivity contribution in [2.24, 2.45) is 11.1 Å². The number of hydrogen-bond donors (Lipinski definition) is 7. The van der Waals surface area contributed by atoms with E-state index in [4.69, 9.17) is 39.9 Å². The molecule has 0 bridgehead atoms. The predicted molar refractivity (Wildman–Crippen MR) is 245 cm³/mol. The Bertz CT molecular complexity index is 2800. The molecule has 0 aliphatic rings. The molecule has 0 radical (unpaired) electrons. The lowest BCUT2D eigenvalue weighted by molar-refractivity contribution is 0.103. The van der Waals surface area contributed by atoms with Gasteiger partial charge in [-0.3, -0.25) is 19.2 Å². The topological polar surface area (TPSA) is 292 Å². The molecule has 0 saturated heterocycles. The van der Waals surface area contributed by atoms with E-state index >= 15 is 0 Å². The van der Waals surface area contributed by atoms with Crippen LogP contribution in [0.3, 0.4) is 0 Å². The van der Waals surface area contributed by atoms with Crippen molar-refractivity contribution in [3.63, 3.8) is 0 Å². The summed E-state index contributed by atoms with van der Waals surface area (Å²) >= 11 is 12.0. The van der Waals surface area contributed by atoms with Crippen molar-refractivity contribution in [1.82, 2.24) is 19.9 Å². The normalized spacial score (nSPS) is 11.9. The molecule has 0 aliphatic carbocycles. The third-order valence-corrected chi connectivity index (χ3v) is 12.1. The second-order valence-corrected chi connectivity index (χ2v) is 19.8. The SMILES string of the molecule is CC(C)(C)c1ccc(S(=O)(=O)Nc2cc(Cl)cnc2C(=NO)c2ccc(N)nc2)cc1.CC(C)(C)c1ccc(S(=O)(=O)Nc2cc(Cl)cnc2C(=O)c2ccc(N)nc2)cc1.NO. The zero-order valence-electron chi connectivity index (χ0n) is 34.9. The fourth-order valence-electron chi connectivity index (χ4n) is 5.54. The first-order valence-corrected chi connectivity index (χ1v) is 22.2. The van der Waals surface area contributed by atoms with E-state index in [2.05, 4.69) is 40.4 Å². The lowest BCUT2D eigenvalue weighted by Gasteiger charge is -2.19. The van der Waals surface area contributed by atoms with Crippen LogP contribution >= 0.6 is 23.2 Å². The number of nitrogens with zero attached hydrogens (tertiary/aromatic N) is 5. The van der Waals surface area contributed by atoms with Crippen molar-refractivity contribution in [3.05, 3.63) is 153 Å². The van der Waals surface area contributed by atoms with Crippen molar-refractivity contribution < 1.29 is 32.0 Å². The summed E-state index contributed by atoms with van der Waals surface area (Å²) in [6, 6.07) is 22.0. The van der Waals surface area contributed by atoms with E-state index in [9.17, 15) is 26.8 Å². The van der Waals surface area contributed by atoms with Crippen LogP contribution in [0.4, 0.5) is 23.0 Å². The molecule has 0 spiro atoms. The number of aromatic nitrogens is 4. The Balaban J connectivity index is 0.000000266. The summed E-state index contributed by atoms with van der Waals surface area (Å²) in [7, 11) is -7.94. The first kappa shape index (κ1) is 49.4. The number of carbonyl (C=O) groups is 1. The number of benzene rings is 2. The molecular formula is C42H46Cl2N10O7S2. The molecule has 2 aromatic carbocycles. The lowest BCUT2D eigenvalue weighted by Crippen LogP contribution is -2.18. The fourth-order valence-corrected chi connectivity index (χ4v) is 7.97. The summed E-state index contributed by atoms with van der Waals surface area (Å²) in [6.07, 6.45) is 5.29. The van der Waals surface area contributed by atoms with Gasteiger partial charge in [0.1, 0.15) is 28.7 Å². The van der Waals surface area contributed by atoms with Gasteiger partial charge in [0.25, 0.3) is 20.0 Å². The molecular weight excluding hydrogens is 892 g/mol. The Morgan fingerprint density at radius 1 is 0.587 bits per heavy atom. The number of hydrogen-bond acceptors (Lipinski definition) is 15. The highest BCUT2D eigenvalue weighted by molar-refractivity contribution is 7.93. The van der Waals surface area contributed by atoms with Gasteiger partial charge < -0.3 is 21.9 Å². The number of oxime groups is 1. The maximum Gasteiger partial charge on any atom is 0.261 e. The van der Waals surface area contributed by atoms with Crippen LogP contribution in [0.2, 0.25) is 10.0 Å². The summed E-state index contributed by atoms with van der Waals surface area (Å²) in [5, 5.41) is 19.8. The molecule has 63 heavy (non-hydrogen) atoms. The maximum atomic E-state index is 13.0. The minimum Gasteiger partial charge on any atom is -0.410 e. The maximum absolute atomic E-state index is 13.0. The molecule has 4 heterocycles. The molecule has 332 valence electrons. The summed E-state index contributed by atoms with van der Waals surface area (Å²) in [6.45, 7) is 12.2. The summed E-state index contributed by atoms with van der Waals surface area (Å²) in [5.74, 6) is 3.53. The van der Waals surface area contributed by atoms with Gasteiger partial charge in [0.2, 0.25) is 5.78 Å². The number of carbonyl (C=O) groups excluding carboxylic acids is 1. The summed E-state index contributed by atoms with van der Waals surface area (Å²) < 4.78 is 56.7. The van der Waals surface area contributed by atoms with E-state index in [1.807, 2.05) is 41.5 Å². The second-order valence-electron chi connectivity index (χ2n) is 15.6. The molecule has 0 fully saturated rings. The highest BCUT2D eigenvalue weighted by atomic mass is 35.5. The zero-order valence-corrected chi connectivity index (χ0v) is 38.0. The van der Waals surface area contributed by atoms with Gasteiger partial charge in [-0.1, -0.05) is 94.2 Å². The molecule has 4 aromatic heterocycles. The Labute approximate surface area is 375 Å². The van der Waals surface area contributed by atoms with Gasteiger partial charge in [-0.25, -0.2) is 37.7 Å². The number of rotatable bonds is 10. The van der Waals surface area contributed by atoms with Gasteiger partial charge in [0.05, 0.1) is 31.2 Å². The Morgan fingerprint density at radius 3 is 1.33 bits per heavy atom. The lowest BCUT2D eigenvalue weighted by atomic mass is 9.87.